The predicted octanol–water partition coefficient (Wildman–Crippen LogP) is 3.46. The number of fused-ring (bicyclic) bond motifs is 2. The molecule has 1 aromatic heterocycles. The zero-order chi connectivity index (χ0) is 15.9. The van der Waals surface area contributed by atoms with Gasteiger partial charge in [-0.05, 0) is 69.6 Å². The van der Waals surface area contributed by atoms with E-state index in [1.807, 2.05) is 0 Å². The minimum atomic E-state index is 0.510. The summed E-state index contributed by atoms with van der Waals surface area (Å²) in [4.78, 5) is 2.40. The number of hydrogen-bond acceptors (Lipinski definition) is 2. The quantitative estimate of drug-likeness (QED) is 0.912. The van der Waals surface area contributed by atoms with E-state index in [-0.39, 0.29) is 0 Å². The third-order valence-corrected chi connectivity index (χ3v) is 5.11. The zero-order valence-corrected chi connectivity index (χ0v) is 14.7. The summed E-state index contributed by atoms with van der Waals surface area (Å²) in [6, 6.07) is 5.42. The monoisotopic (exact) mass is 299 g/mol. The smallest absolute Gasteiger partial charge is 0.0488 e. The van der Waals surface area contributed by atoms with Crippen molar-refractivity contribution in [3.63, 3.8) is 0 Å². The average Bonchev–Trinajstić information content (AvgIpc) is 2.97. The summed E-state index contributed by atoms with van der Waals surface area (Å²) in [5.74, 6) is 0. The van der Waals surface area contributed by atoms with Crippen LogP contribution >= 0.6 is 0 Å². The van der Waals surface area contributed by atoms with Gasteiger partial charge in [0.25, 0.3) is 0 Å². The van der Waals surface area contributed by atoms with Crippen LogP contribution in [0.4, 0.5) is 0 Å². The number of likely N-dealkylation sites (N-methyl/N-ethyl adjacent to an activating group) is 1. The summed E-state index contributed by atoms with van der Waals surface area (Å²) in [7, 11) is 4.26. The maximum atomic E-state index is 3.39. The first-order valence-corrected chi connectivity index (χ1v) is 8.54. The fraction of sp³-hybridized carbons (Fsp3) is 0.579. The van der Waals surface area contributed by atoms with Crippen LogP contribution in [0.25, 0.3) is 10.9 Å². The molecule has 3 heteroatoms. The number of rotatable bonds is 5. The van der Waals surface area contributed by atoms with Crippen LogP contribution in [0.2, 0.25) is 0 Å². The molecule has 0 radical (unpaired) electrons. The largest absolute Gasteiger partial charge is 0.345 e. The van der Waals surface area contributed by atoms with Crippen molar-refractivity contribution in [2.24, 2.45) is 0 Å². The van der Waals surface area contributed by atoms with Gasteiger partial charge in [0.1, 0.15) is 0 Å². The van der Waals surface area contributed by atoms with Crippen molar-refractivity contribution in [2.45, 2.75) is 59.3 Å². The molecule has 0 fully saturated rings. The molecule has 0 bridgehead atoms. The molecule has 3 nitrogen and oxygen atoms in total. The van der Waals surface area contributed by atoms with Crippen LogP contribution in [-0.4, -0.2) is 29.6 Å². The van der Waals surface area contributed by atoms with E-state index in [1.165, 1.54) is 39.7 Å². The lowest BCUT2D eigenvalue weighted by Gasteiger charge is -2.11. The van der Waals surface area contributed by atoms with Gasteiger partial charge in [0.2, 0.25) is 0 Å². The van der Waals surface area contributed by atoms with E-state index < -0.39 is 0 Å². The van der Waals surface area contributed by atoms with Crippen molar-refractivity contribution >= 4 is 10.9 Å². The van der Waals surface area contributed by atoms with E-state index in [0.29, 0.717) is 6.04 Å². The Morgan fingerprint density at radius 1 is 1.23 bits per heavy atom. The fourth-order valence-corrected chi connectivity index (χ4v) is 3.79. The van der Waals surface area contributed by atoms with Crippen LogP contribution in [0.3, 0.4) is 0 Å². The summed E-state index contributed by atoms with van der Waals surface area (Å²) in [5, 5.41) is 4.86. The third kappa shape index (κ3) is 2.57. The molecule has 0 aliphatic carbocycles. The Kier molecular flexibility index (Phi) is 4.28. The molecular formula is C19H29N3. The van der Waals surface area contributed by atoms with E-state index in [1.54, 1.807) is 0 Å². The maximum absolute atomic E-state index is 3.39. The van der Waals surface area contributed by atoms with Crippen LogP contribution in [-0.2, 0) is 26.1 Å². The number of nitrogens with zero attached hydrogens (tertiary/aromatic N) is 2. The van der Waals surface area contributed by atoms with Crippen LogP contribution in [0, 0.1) is 6.92 Å². The second-order valence-corrected chi connectivity index (χ2v) is 6.92. The zero-order valence-electron chi connectivity index (χ0n) is 14.7. The van der Waals surface area contributed by atoms with Crippen molar-refractivity contribution in [1.29, 1.82) is 0 Å². The Labute approximate surface area is 134 Å². The van der Waals surface area contributed by atoms with Gasteiger partial charge < -0.3 is 9.88 Å². The van der Waals surface area contributed by atoms with Gasteiger partial charge in [-0.3, -0.25) is 4.90 Å². The molecule has 0 saturated heterocycles. The highest BCUT2D eigenvalue weighted by atomic mass is 15.1. The summed E-state index contributed by atoms with van der Waals surface area (Å²) in [6.45, 7) is 10.1. The molecule has 1 N–H and O–H groups in total. The number of hydrogen-bond donors (Lipinski definition) is 1. The van der Waals surface area contributed by atoms with Gasteiger partial charge in [0.15, 0.2) is 0 Å². The predicted molar refractivity (Wildman–Crippen MR) is 94.4 cm³/mol. The molecule has 1 unspecified atom stereocenters. The first-order valence-electron chi connectivity index (χ1n) is 8.54. The van der Waals surface area contributed by atoms with Gasteiger partial charge in [-0.2, -0.15) is 0 Å². The molecular weight excluding hydrogens is 270 g/mol. The van der Waals surface area contributed by atoms with Crippen molar-refractivity contribution in [3.8, 4) is 0 Å². The standard InChI is InChI=1S/C19H29N3/c1-6-7-22-14(3)17(8-13(2)20-4)18-9-15-11-21(5)12-16(15)10-19(18)22/h9-10,13,20H,6-8,11-12H2,1-5H3. The van der Waals surface area contributed by atoms with E-state index >= 15 is 0 Å². The van der Waals surface area contributed by atoms with Crippen molar-refractivity contribution in [1.82, 2.24) is 14.8 Å². The lowest BCUT2D eigenvalue weighted by Crippen LogP contribution is -2.23. The molecule has 0 spiro atoms. The lowest BCUT2D eigenvalue weighted by atomic mass is 10.0. The molecule has 2 heterocycles. The third-order valence-electron chi connectivity index (χ3n) is 5.11. The van der Waals surface area contributed by atoms with Crippen molar-refractivity contribution in [3.05, 3.63) is 34.5 Å². The van der Waals surface area contributed by atoms with Crippen molar-refractivity contribution in [2.75, 3.05) is 14.1 Å². The minimum absolute atomic E-state index is 0.510. The van der Waals surface area contributed by atoms with Gasteiger partial charge in [-0.15, -0.1) is 0 Å². The van der Waals surface area contributed by atoms with Gasteiger partial charge in [-0.1, -0.05) is 6.92 Å². The van der Waals surface area contributed by atoms with E-state index in [0.717, 1.165) is 26.1 Å². The second-order valence-electron chi connectivity index (χ2n) is 6.92. The van der Waals surface area contributed by atoms with Gasteiger partial charge >= 0.3 is 0 Å². The molecule has 1 aliphatic rings. The summed E-state index contributed by atoms with van der Waals surface area (Å²) < 4.78 is 2.53. The molecule has 2 aromatic rings. The molecule has 3 rings (SSSR count). The molecule has 120 valence electrons. The van der Waals surface area contributed by atoms with Crippen molar-refractivity contribution < 1.29 is 0 Å². The maximum Gasteiger partial charge on any atom is 0.0488 e. The Morgan fingerprint density at radius 2 is 1.91 bits per heavy atom. The normalized spacial score (nSPS) is 16.4. The van der Waals surface area contributed by atoms with Gasteiger partial charge in [0.05, 0.1) is 0 Å². The number of aromatic nitrogens is 1. The van der Waals surface area contributed by atoms with Crippen LogP contribution < -0.4 is 5.32 Å². The SMILES string of the molecule is CCCn1c(C)c(CC(C)NC)c2cc3c(cc21)CN(C)C3. The van der Waals surface area contributed by atoms with E-state index in [2.05, 4.69) is 61.8 Å². The fourth-order valence-electron chi connectivity index (χ4n) is 3.79. The molecule has 0 amide bonds. The highest BCUT2D eigenvalue weighted by Gasteiger charge is 2.21. The first-order chi connectivity index (χ1) is 10.5. The highest BCUT2D eigenvalue weighted by Crippen LogP contribution is 2.33. The van der Waals surface area contributed by atoms with Gasteiger partial charge in [-0.25, -0.2) is 0 Å². The second kappa shape index (κ2) is 6.05. The lowest BCUT2D eigenvalue weighted by molar-refractivity contribution is 0.353. The van der Waals surface area contributed by atoms with Gasteiger partial charge in [0, 0.05) is 42.3 Å². The Morgan fingerprint density at radius 3 is 2.55 bits per heavy atom. The summed E-state index contributed by atoms with van der Waals surface area (Å²) >= 11 is 0. The van der Waals surface area contributed by atoms with Crippen LogP contribution in [0.5, 0.6) is 0 Å². The number of benzene rings is 1. The molecule has 1 aromatic carbocycles. The average molecular weight is 299 g/mol. The molecule has 1 aliphatic heterocycles. The summed E-state index contributed by atoms with van der Waals surface area (Å²) in [6.07, 6.45) is 2.28. The number of aryl methyl sites for hydroxylation is 1. The Bertz CT molecular complexity index is 684. The van der Waals surface area contributed by atoms with E-state index in [9.17, 15) is 0 Å². The Balaban J connectivity index is 2.17. The molecule has 0 saturated carbocycles. The minimum Gasteiger partial charge on any atom is -0.345 e. The van der Waals surface area contributed by atoms with Crippen LogP contribution in [0.1, 0.15) is 42.7 Å². The Hall–Kier alpha value is -1.32. The molecule has 1 atom stereocenters. The van der Waals surface area contributed by atoms with Crippen LogP contribution in [0.15, 0.2) is 12.1 Å². The topological polar surface area (TPSA) is 20.2 Å². The first kappa shape index (κ1) is 15.6. The molecule has 22 heavy (non-hydrogen) atoms. The summed E-state index contributed by atoms with van der Waals surface area (Å²) in [5.41, 5.74) is 7.45. The highest BCUT2D eigenvalue weighted by molar-refractivity contribution is 5.87. The van der Waals surface area contributed by atoms with E-state index in [4.69, 9.17) is 0 Å². The number of nitrogens with one attached hydrogen (secondary N) is 1.